The molecule has 150 valence electrons. The molecule has 0 spiro atoms. The van der Waals surface area contributed by atoms with Gasteiger partial charge in [0.1, 0.15) is 10.6 Å². The molecule has 2 aromatic heterocycles. The molecule has 1 fully saturated rings. The van der Waals surface area contributed by atoms with E-state index in [1.165, 1.54) is 11.5 Å². The van der Waals surface area contributed by atoms with Gasteiger partial charge in [0, 0.05) is 30.4 Å². The van der Waals surface area contributed by atoms with Crippen LogP contribution in [-0.4, -0.2) is 45.6 Å². The van der Waals surface area contributed by atoms with Gasteiger partial charge in [0.05, 0.1) is 12.8 Å². The first kappa shape index (κ1) is 19.5. The summed E-state index contributed by atoms with van der Waals surface area (Å²) < 4.78 is 9.28. The Morgan fingerprint density at radius 2 is 2.07 bits per heavy atom. The highest BCUT2D eigenvalue weighted by Crippen LogP contribution is 2.31. The van der Waals surface area contributed by atoms with E-state index in [9.17, 15) is 4.79 Å². The molecule has 1 aromatic carbocycles. The molecule has 7 heteroatoms. The summed E-state index contributed by atoms with van der Waals surface area (Å²) in [5.74, 6) is 1.09. The molecule has 1 aliphatic heterocycles. The number of benzene rings is 1. The number of amides is 1. The average molecular weight is 409 g/mol. The van der Waals surface area contributed by atoms with Gasteiger partial charge in [-0.3, -0.25) is 9.78 Å². The van der Waals surface area contributed by atoms with Crippen molar-refractivity contribution in [3.05, 3.63) is 58.4 Å². The predicted octanol–water partition coefficient (Wildman–Crippen LogP) is 4.25. The fourth-order valence-electron chi connectivity index (χ4n) is 3.85. The number of likely N-dealkylation sites (tertiary alicyclic amines) is 1. The van der Waals surface area contributed by atoms with Gasteiger partial charge in [0.2, 0.25) is 0 Å². The SMILES string of the molecule is COc1cccc(-c2cc(C)nc([C@H]3CCCN(C(=O)c4snnc4C)C3)c2)c1. The number of carbonyl (C=O) groups excluding carboxylic acids is 1. The zero-order chi connectivity index (χ0) is 20.4. The molecule has 0 radical (unpaired) electrons. The topological polar surface area (TPSA) is 68.2 Å². The van der Waals surface area contributed by atoms with Crippen LogP contribution in [0.5, 0.6) is 5.75 Å². The molecule has 0 N–H and O–H groups in total. The predicted molar refractivity (Wildman–Crippen MR) is 113 cm³/mol. The third-order valence-corrected chi connectivity index (χ3v) is 6.16. The van der Waals surface area contributed by atoms with E-state index < -0.39 is 0 Å². The molecule has 1 amide bonds. The summed E-state index contributed by atoms with van der Waals surface area (Å²) in [5, 5.41) is 3.98. The van der Waals surface area contributed by atoms with Crippen molar-refractivity contribution < 1.29 is 9.53 Å². The third-order valence-electron chi connectivity index (χ3n) is 5.35. The molecule has 3 heterocycles. The summed E-state index contributed by atoms with van der Waals surface area (Å²) >= 11 is 1.17. The van der Waals surface area contributed by atoms with Gasteiger partial charge in [-0.1, -0.05) is 16.6 Å². The highest BCUT2D eigenvalue weighted by molar-refractivity contribution is 7.07. The maximum absolute atomic E-state index is 12.9. The Morgan fingerprint density at radius 1 is 1.21 bits per heavy atom. The number of hydrogen-bond donors (Lipinski definition) is 0. The summed E-state index contributed by atoms with van der Waals surface area (Å²) in [6.45, 7) is 5.29. The number of piperidine rings is 1. The number of ether oxygens (including phenoxy) is 1. The standard InChI is InChI=1S/C22H24N4O2S/c1-14-10-18(16-6-4-8-19(11-16)28-3)12-20(23-14)17-7-5-9-26(13-17)22(27)21-15(2)24-25-29-21/h4,6,8,10-12,17H,5,7,9,13H2,1-3H3/t17-/m0/s1. The van der Waals surface area contributed by atoms with Crippen LogP contribution >= 0.6 is 11.5 Å². The van der Waals surface area contributed by atoms with E-state index in [-0.39, 0.29) is 11.8 Å². The van der Waals surface area contributed by atoms with Crippen molar-refractivity contribution in [2.45, 2.75) is 32.6 Å². The highest BCUT2D eigenvalue weighted by Gasteiger charge is 2.28. The van der Waals surface area contributed by atoms with Crippen LogP contribution in [-0.2, 0) is 0 Å². The monoisotopic (exact) mass is 408 g/mol. The van der Waals surface area contributed by atoms with Crippen molar-refractivity contribution in [3.63, 3.8) is 0 Å². The van der Waals surface area contributed by atoms with Crippen molar-refractivity contribution in [3.8, 4) is 16.9 Å². The van der Waals surface area contributed by atoms with Gasteiger partial charge in [-0.15, -0.1) is 5.10 Å². The maximum atomic E-state index is 12.9. The van der Waals surface area contributed by atoms with Gasteiger partial charge in [-0.25, -0.2) is 0 Å². The summed E-state index contributed by atoms with van der Waals surface area (Å²) in [7, 11) is 1.68. The van der Waals surface area contributed by atoms with Crippen molar-refractivity contribution in [1.82, 2.24) is 19.5 Å². The van der Waals surface area contributed by atoms with Crippen LogP contribution in [0.15, 0.2) is 36.4 Å². The molecule has 0 saturated carbocycles. The normalized spacial score (nSPS) is 16.7. The van der Waals surface area contributed by atoms with E-state index in [2.05, 4.69) is 27.8 Å². The number of pyridine rings is 1. The van der Waals surface area contributed by atoms with Crippen molar-refractivity contribution >= 4 is 17.4 Å². The third kappa shape index (κ3) is 4.15. The lowest BCUT2D eigenvalue weighted by atomic mass is 9.92. The van der Waals surface area contributed by atoms with Crippen LogP contribution in [0.1, 0.15) is 45.5 Å². The van der Waals surface area contributed by atoms with Gasteiger partial charge < -0.3 is 9.64 Å². The molecule has 1 saturated heterocycles. The molecule has 0 aliphatic carbocycles. The van der Waals surface area contributed by atoms with E-state index in [1.807, 2.05) is 36.9 Å². The number of rotatable bonds is 4. The van der Waals surface area contributed by atoms with Crippen LogP contribution in [0, 0.1) is 13.8 Å². The Labute approximate surface area is 174 Å². The van der Waals surface area contributed by atoms with Gasteiger partial charge >= 0.3 is 0 Å². The minimum Gasteiger partial charge on any atom is -0.497 e. The Bertz CT molecular complexity index is 1030. The molecule has 3 aromatic rings. The average Bonchev–Trinajstić information content (AvgIpc) is 3.18. The molecular formula is C22H24N4O2S. The van der Waals surface area contributed by atoms with Crippen LogP contribution in [0.4, 0.5) is 0 Å². The second-order valence-corrected chi connectivity index (χ2v) is 8.19. The molecule has 1 aliphatic rings. The molecular weight excluding hydrogens is 384 g/mol. The van der Waals surface area contributed by atoms with Gasteiger partial charge in [-0.05, 0) is 73.6 Å². The second-order valence-electron chi connectivity index (χ2n) is 7.43. The van der Waals surface area contributed by atoms with Gasteiger partial charge in [-0.2, -0.15) is 0 Å². The van der Waals surface area contributed by atoms with E-state index >= 15 is 0 Å². The van der Waals surface area contributed by atoms with Crippen LogP contribution < -0.4 is 4.74 Å². The van der Waals surface area contributed by atoms with E-state index in [1.54, 1.807) is 7.11 Å². The van der Waals surface area contributed by atoms with E-state index in [0.29, 0.717) is 17.1 Å². The minimum atomic E-state index is 0.0304. The lowest BCUT2D eigenvalue weighted by Crippen LogP contribution is -2.39. The minimum absolute atomic E-state index is 0.0304. The van der Waals surface area contributed by atoms with Gasteiger partial charge in [0.15, 0.2) is 0 Å². The Hall–Kier alpha value is -2.80. The first-order valence-corrected chi connectivity index (χ1v) is 10.5. The molecule has 29 heavy (non-hydrogen) atoms. The number of aryl methyl sites for hydroxylation is 2. The zero-order valence-corrected chi connectivity index (χ0v) is 17.7. The van der Waals surface area contributed by atoms with Crippen molar-refractivity contribution in [2.75, 3.05) is 20.2 Å². The quantitative estimate of drug-likeness (QED) is 0.646. The molecule has 1 atom stereocenters. The van der Waals surface area contributed by atoms with Crippen molar-refractivity contribution in [2.24, 2.45) is 0 Å². The first-order chi connectivity index (χ1) is 14.0. The number of nitrogens with zero attached hydrogens (tertiary/aromatic N) is 4. The van der Waals surface area contributed by atoms with Crippen LogP contribution in [0.25, 0.3) is 11.1 Å². The van der Waals surface area contributed by atoms with Gasteiger partial charge in [0.25, 0.3) is 5.91 Å². The highest BCUT2D eigenvalue weighted by atomic mass is 32.1. The Kier molecular flexibility index (Phi) is 5.58. The van der Waals surface area contributed by atoms with E-state index in [4.69, 9.17) is 9.72 Å². The fourth-order valence-corrected chi connectivity index (χ4v) is 4.47. The summed E-state index contributed by atoms with van der Waals surface area (Å²) in [6, 6.07) is 12.3. The largest absolute Gasteiger partial charge is 0.497 e. The number of carbonyl (C=O) groups is 1. The fraction of sp³-hybridized carbons (Fsp3) is 0.364. The zero-order valence-electron chi connectivity index (χ0n) is 16.9. The molecule has 0 unspecified atom stereocenters. The van der Waals surface area contributed by atoms with E-state index in [0.717, 1.165) is 47.7 Å². The Balaban J connectivity index is 1.60. The maximum Gasteiger partial charge on any atom is 0.267 e. The number of aromatic nitrogens is 3. The lowest BCUT2D eigenvalue weighted by Gasteiger charge is -2.32. The Morgan fingerprint density at radius 3 is 2.83 bits per heavy atom. The summed E-state index contributed by atoms with van der Waals surface area (Å²) in [6.07, 6.45) is 1.99. The lowest BCUT2D eigenvalue weighted by molar-refractivity contribution is 0.0710. The summed E-state index contributed by atoms with van der Waals surface area (Å²) in [4.78, 5) is 20.3. The summed E-state index contributed by atoms with van der Waals surface area (Å²) in [5.41, 5.74) is 4.95. The number of methoxy groups -OCH3 is 1. The molecule has 4 rings (SSSR count). The van der Waals surface area contributed by atoms with Crippen LogP contribution in [0.2, 0.25) is 0 Å². The van der Waals surface area contributed by atoms with Crippen LogP contribution in [0.3, 0.4) is 0 Å². The number of hydrogen-bond acceptors (Lipinski definition) is 6. The second kappa shape index (κ2) is 8.29. The smallest absolute Gasteiger partial charge is 0.267 e. The first-order valence-electron chi connectivity index (χ1n) is 9.76. The molecule has 0 bridgehead atoms. The van der Waals surface area contributed by atoms with Crippen molar-refractivity contribution in [1.29, 1.82) is 0 Å². The molecule has 6 nitrogen and oxygen atoms in total.